The summed E-state index contributed by atoms with van der Waals surface area (Å²) in [7, 11) is 1.89. The molecule has 114 valence electrons. The van der Waals surface area contributed by atoms with Gasteiger partial charge in [-0.05, 0) is 45.0 Å². The molecular formula is C16H21ClN2O2. The number of hydrogen-bond acceptors (Lipinski definition) is 4. The Morgan fingerprint density at radius 2 is 2.24 bits per heavy atom. The first kappa shape index (κ1) is 14.8. The molecule has 21 heavy (non-hydrogen) atoms. The van der Waals surface area contributed by atoms with Crippen molar-refractivity contribution in [3.05, 3.63) is 28.3 Å². The molecule has 1 saturated carbocycles. The molecule has 1 aromatic rings. The second-order valence-corrected chi connectivity index (χ2v) is 6.57. The highest BCUT2D eigenvalue weighted by Gasteiger charge is 2.49. The molecule has 1 aromatic carbocycles. The van der Waals surface area contributed by atoms with E-state index in [1.165, 1.54) is 0 Å². The Morgan fingerprint density at radius 1 is 1.48 bits per heavy atom. The standard InChI is InChI=1S/C16H21ClN2O2/c1-18-5-4-12-13(8-20)14(17)2-3-15(12)21-11-6-16(7-11)9-19-10-16/h2-3,8,11,18-19H,4-7,9-10H2,1H3. The highest BCUT2D eigenvalue weighted by atomic mass is 35.5. The molecule has 5 heteroatoms. The second-order valence-electron chi connectivity index (χ2n) is 6.16. The number of carbonyl (C=O) groups is 1. The topological polar surface area (TPSA) is 50.4 Å². The number of likely N-dealkylation sites (N-methyl/N-ethyl adjacent to an activating group) is 1. The summed E-state index contributed by atoms with van der Waals surface area (Å²) in [6, 6.07) is 3.65. The molecule has 0 unspecified atom stereocenters. The summed E-state index contributed by atoms with van der Waals surface area (Å²) in [6.07, 6.45) is 4.04. The second kappa shape index (κ2) is 5.95. The summed E-state index contributed by atoms with van der Waals surface area (Å²) in [5, 5.41) is 6.93. The summed E-state index contributed by atoms with van der Waals surface area (Å²) in [6.45, 7) is 3.01. The van der Waals surface area contributed by atoms with Crippen LogP contribution in [0.4, 0.5) is 0 Å². The van der Waals surface area contributed by atoms with Gasteiger partial charge < -0.3 is 15.4 Å². The maximum absolute atomic E-state index is 11.3. The highest BCUT2D eigenvalue weighted by Crippen LogP contribution is 2.46. The summed E-state index contributed by atoms with van der Waals surface area (Å²) in [5.74, 6) is 0.809. The molecule has 1 spiro atoms. The van der Waals surface area contributed by atoms with Gasteiger partial charge in [-0.25, -0.2) is 0 Å². The number of carbonyl (C=O) groups excluding carboxylic acids is 1. The Bertz CT molecular complexity index is 535. The predicted octanol–water partition coefficient (Wildman–Crippen LogP) is 2.05. The summed E-state index contributed by atoms with van der Waals surface area (Å²) in [4.78, 5) is 11.3. The van der Waals surface area contributed by atoms with Crippen molar-refractivity contribution in [2.45, 2.75) is 25.4 Å². The molecular weight excluding hydrogens is 288 g/mol. The van der Waals surface area contributed by atoms with Crippen LogP contribution in [-0.4, -0.2) is 39.1 Å². The average molecular weight is 309 g/mol. The van der Waals surface area contributed by atoms with E-state index in [-0.39, 0.29) is 6.10 Å². The van der Waals surface area contributed by atoms with Gasteiger partial charge in [-0.2, -0.15) is 0 Å². The van der Waals surface area contributed by atoms with E-state index in [4.69, 9.17) is 16.3 Å². The van der Waals surface area contributed by atoms with Gasteiger partial charge in [-0.15, -0.1) is 0 Å². The van der Waals surface area contributed by atoms with Gasteiger partial charge >= 0.3 is 0 Å². The minimum atomic E-state index is 0.265. The third-order valence-electron chi connectivity index (χ3n) is 4.62. The van der Waals surface area contributed by atoms with Gasteiger partial charge in [-0.3, -0.25) is 4.79 Å². The van der Waals surface area contributed by atoms with Crippen molar-refractivity contribution in [1.29, 1.82) is 0 Å². The number of ether oxygens (including phenoxy) is 1. The van der Waals surface area contributed by atoms with E-state index < -0.39 is 0 Å². The van der Waals surface area contributed by atoms with E-state index in [0.717, 1.165) is 56.5 Å². The van der Waals surface area contributed by atoms with E-state index in [0.29, 0.717) is 16.0 Å². The van der Waals surface area contributed by atoms with Gasteiger partial charge in [0.25, 0.3) is 0 Å². The Balaban J connectivity index is 1.75. The highest BCUT2D eigenvalue weighted by molar-refractivity contribution is 6.33. The number of benzene rings is 1. The van der Waals surface area contributed by atoms with Crippen LogP contribution in [0.3, 0.4) is 0 Å². The minimum Gasteiger partial charge on any atom is -0.490 e. The minimum absolute atomic E-state index is 0.265. The Morgan fingerprint density at radius 3 is 2.81 bits per heavy atom. The van der Waals surface area contributed by atoms with Gasteiger partial charge in [0.1, 0.15) is 5.75 Å². The first-order chi connectivity index (χ1) is 10.2. The lowest BCUT2D eigenvalue weighted by Gasteiger charge is -2.53. The molecule has 0 radical (unpaired) electrons. The van der Waals surface area contributed by atoms with Gasteiger partial charge in [-0.1, -0.05) is 11.6 Å². The Kier molecular flexibility index (Phi) is 4.20. The average Bonchev–Trinajstić information content (AvgIpc) is 2.39. The molecule has 3 rings (SSSR count). The molecule has 1 heterocycles. The van der Waals surface area contributed by atoms with Crippen molar-refractivity contribution in [3.63, 3.8) is 0 Å². The van der Waals surface area contributed by atoms with Crippen LogP contribution >= 0.6 is 11.6 Å². The van der Waals surface area contributed by atoms with Crippen LogP contribution in [0, 0.1) is 5.41 Å². The third-order valence-corrected chi connectivity index (χ3v) is 4.95. The van der Waals surface area contributed by atoms with E-state index >= 15 is 0 Å². The molecule has 0 amide bonds. The number of hydrogen-bond donors (Lipinski definition) is 2. The van der Waals surface area contributed by atoms with Crippen LogP contribution in [-0.2, 0) is 6.42 Å². The predicted molar refractivity (Wildman–Crippen MR) is 83.4 cm³/mol. The van der Waals surface area contributed by atoms with Crippen molar-refractivity contribution in [2.24, 2.45) is 5.41 Å². The summed E-state index contributed by atoms with van der Waals surface area (Å²) < 4.78 is 6.13. The van der Waals surface area contributed by atoms with Crippen molar-refractivity contribution < 1.29 is 9.53 Å². The molecule has 2 fully saturated rings. The quantitative estimate of drug-likeness (QED) is 0.790. The first-order valence-corrected chi connectivity index (χ1v) is 7.84. The Labute approximate surface area is 130 Å². The zero-order valence-corrected chi connectivity index (χ0v) is 13.0. The molecule has 0 aromatic heterocycles. The number of aldehydes is 1. The van der Waals surface area contributed by atoms with Crippen molar-refractivity contribution in [1.82, 2.24) is 10.6 Å². The molecule has 1 aliphatic heterocycles. The van der Waals surface area contributed by atoms with E-state index in [9.17, 15) is 4.79 Å². The molecule has 4 nitrogen and oxygen atoms in total. The normalized spacial score (nSPS) is 19.9. The molecule has 0 bridgehead atoms. The molecule has 2 N–H and O–H groups in total. The molecule has 0 atom stereocenters. The lowest BCUT2D eigenvalue weighted by molar-refractivity contribution is -0.0498. The Hall–Kier alpha value is -1.10. The van der Waals surface area contributed by atoms with E-state index in [1.807, 2.05) is 13.1 Å². The van der Waals surface area contributed by atoms with Gasteiger partial charge in [0.15, 0.2) is 6.29 Å². The van der Waals surface area contributed by atoms with Crippen molar-refractivity contribution >= 4 is 17.9 Å². The number of rotatable bonds is 6. The number of halogens is 1. The lowest BCUT2D eigenvalue weighted by atomic mass is 9.63. The third kappa shape index (κ3) is 2.80. The fraction of sp³-hybridized carbons (Fsp3) is 0.562. The number of nitrogens with one attached hydrogen (secondary N) is 2. The van der Waals surface area contributed by atoms with Crippen LogP contribution in [0.25, 0.3) is 0 Å². The summed E-state index contributed by atoms with van der Waals surface area (Å²) >= 11 is 6.13. The van der Waals surface area contributed by atoms with Gasteiger partial charge in [0.05, 0.1) is 11.1 Å². The van der Waals surface area contributed by atoms with Crippen LogP contribution in [0.15, 0.2) is 12.1 Å². The van der Waals surface area contributed by atoms with Crippen LogP contribution in [0.5, 0.6) is 5.75 Å². The monoisotopic (exact) mass is 308 g/mol. The van der Waals surface area contributed by atoms with E-state index in [2.05, 4.69) is 10.6 Å². The fourth-order valence-corrected chi connectivity index (χ4v) is 3.52. The maximum Gasteiger partial charge on any atom is 0.151 e. The van der Waals surface area contributed by atoms with Gasteiger partial charge in [0.2, 0.25) is 0 Å². The van der Waals surface area contributed by atoms with Crippen LogP contribution < -0.4 is 15.4 Å². The van der Waals surface area contributed by atoms with E-state index in [1.54, 1.807) is 6.07 Å². The maximum atomic E-state index is 11.3. The van der Waals surface area contributed by atoms with Crippen LogP contribution in [0.2, 0.25) is 5.02 Å². The summed E-state index contributed by atoms with van der Waals surface area (Å²) in [5.41, 5.74) is 1.96. The fourth-order valence-electron chi connectivity index (χ4n) is 3.30. The molecule has 2 aliphatic rings. The van der Waals surface area contributed by atoms with Crippen LogP contribution in [0.1, 0.15) is 28.8 Å². The van der Waals surface area contributed by atoms with Gasteiger partial charge in [0, 0.05) is 29.6 Å². The first-order valence-electron chi connectivity index (χ1n) is 7.46. The van der Waals surface area contributed by atoms with Crippen molar-refractivity contribution in [2.75, 3.05) is 26.7 Å². The van der Waals surface area contributed by atoms with Crippen molar-refractivity contribution in [3.8, 4) is 5.75 Å². The molecule has 1 saturated heterocycles. The zero-order valence-electron chi connectivity index (χ0n) is 12.2. The lowest BCUT2D eigenvalue weighted by Crippen LogP contribution is -2.62. The largest absolute Gasteiger partial charge is 0.490 e. The SMILES string of the molecule is CNCCc1c(OC2CC3(CNC3)C2)ccc(Cl)c1C=O. The zero-order chi connectivity index (χ0) is 14.9. The smallest absolute Gasteiger partial charge is 0.151 e. The molecule has 1 aliphatic carbocycles.